The first-order valence-corrected chi connectivity index (χ1v) is 11.8. The highest BCUT2D eigenvalue weighted by Gasteiger charge is 2.79. The summed E-state index contributed by atoms with van der Waals surface area (Å²) in [4.78, 5) is 26.2. The lowest BCUT2D eigenvalue weighted by Crippen LogP contribution is -2.47. The van der Waals surface area contributed by atoms with Gasteiger partial charge in [-0.3, -0.25) is 0 Å². The van der Waals surface area contributed by atoms with Crippen molar-refractivity contribution in [2.24, 2.45) is 17.3 Å². The quantitative estimate of drug-likeness (QED) is 0.415. The summed E-state index contributed by atoms with van der Waals surface area (Å²) in [6.45, 7) is 6.91. The minimum atomic E-state index is -0.457. The largest absolute Gasteiger partial charge is 0.454 e. The number of benzene rings is 2. The van der Waals surface area contributed by atoms with Crippen molar-refractivity contribution in [3.8, 4) is 0 Å². The van der Waals surface area contributed by atoms with Crippen LogP contribution in [0.3, 0.4) is 0 Å². The van der Waals surface area contributed by atoms with Crippen LogP contribution in [0.5, 0.6) is 0 Å². The minimum absolute atomic E-state index is 0.243. The van der Waals surface area contributed by atoms with Gasteiger partial charge in [0.05, 0.1) is 29.1 Å². The van der Waals surface area contributed by atoms with Crippen LogP contribution >= 0.6 is 0 Å². The number of esters is 2. The number of hydrogen-bond donors (Lipinski definition) is 0. The van der Waals surface area contributed by atoms with Crippen LogP contribution in [-0.4, -0.2) is 53.8 Å². The Bertz CT molecular complexity index is 1050. The summed E-state index contributed by atoms with van der Waals surface area (Å²) in [7, 11) is 0. The summed E-state index contributed by atoms with van der Waals surface area (Å²) in [5.41, 5.74) is 0.816. The molecule has 2 aromatic rings. The van der Waals surface area contributed by atoms with Gasteiger partial charge in [0.25, 0.3) is 0 Å². The van der Waals surface area contributed by atoms with Gasteiger partial charge in [-0.15, -0.1) is 0 Å². The van der Waals surface area contributed by atoms with Crippen molar-refractivity contribution >= 4 is 11.9 Å². The average Bonchev–Trinajstić information content (AvgIpc) is 3.43. The van der Waals surface area contributed by atoms with E-state index in [4.69, 9.17) is 9.47 Å². The van der Waals surface area contributed by atoms with E-state index in [1.165, 1.54) is 30.4 Å². The number of carbonyl (C=O) groups excluding carboxylic acids is 2. The molecule has 32 heavy (non-hydrogen) atoms. The Labute approximate surface area is 188 Å². The van der Waals surface area contributed by atoms with Crippen molar-refractivity contribution in [3.05, 3.63) is 71.8 Å². The standard InChI is InChI=1S/C27H30NO4/c1-27(2)22-20-14-13-19(28(20)15-16-28)21(22)23(31-25(29)17-9-5-3-6-10-17)24(27)32-26(30)18-11-7-4-8-12-18/h3-12,19-24H,13-16H2,1-2H3/q+1. The molecule has 2 bridgehead atoms. The van der Waals surface area contributed by atoms with E-state index in [1.807, 2.05) is 36.4 Å². The molecule has 2 aromatic carbocycles. The summed E-state index contributed by atoms with van der Waals surface area (Å²) in [6, 6.07) is 19.4. The molecule has 0 amide bonds. The third kappa shape index (κ3) is 2.73. The van der Waals surface area contributed by atoms with Gasteiger partial charge < -0.3 is 14.0 Å². The van der Waals surface area contributed by atoms with Gasteiger partial charge in [0.1, 0.15) is 25.3 Å². The SMILES string of the molecule is CC1(C)C(OC(=O)c2ccccc2)C(OC(=O)c2ccccc2)C2C1C1CCC2[N+]12CC2. The number of fused-ring (bicyclic) bond motifs is 3. The second-order valence-electron chi connectivity index (χ2n) is 10.6. The fraction of sp³-hybridized carbons (Fsp3) is 0.481. The molecular formula is C27H30NO4+. The highest BCUT2D eigenvalue weighted by Crippen LogP contribution is 2.67. The number of rotatable bonds is 4. The molecule has 0 N–H and O–H groups in total. The lowest BCUT2D eigenvalue weighted by atomic mass is 9.71. The predicted octanol–water partition coefficient (Wildman–Crippen LogP) is 4.08. The maximum Gasteiger partial charge on any atom is 0.338 e. The Morgan fingerprint density at radius 1 is 0.812 bits per heavy atom. The Balaban J connectivity index is 1.35. The molecular weight excluding hydrogens is 402 g/mol. The molecule has 1 saturated carbocycles. The topological polar surface area (TPSA) is 52.6 Å². The molecule has 0 radical (unpaired) electrons. The molecule has 4 fully saturated rings. The Kier molecular flexibility index (Phi) is 4.32. The summed E-state index contributed by atoms with van der Waals surface area (Å²) < 4.78 is 13.6. The van der Waals surface area contributed by atoms with Gasteiger partial charge in [-0.25, -0.2) is 9.59 Å². The maximum absolute atomic E-state index is 13.1. The number of hydrogen-bond acceptors (Lipinski definition) is 4. The monoisotopic (exact) mass is 432 g/mol. The summed E-state index contributed by atoms with van der Waals surface area (Å²) in [5, 5.41) is 0. The Hall–Kier alpha value is -2.66. The zero-order chi connectivity index (χ0) is 22.1. The van der Waals surface area contributed by atoms with Crippen LogP contribution in [0.2, 0.25) is 0 Å². The highest BCUT2D eigenvalue weighted by molar-refractivity contribution is 5.90. The van der Waals surface area contributed by atoms with E-state index in [2.05, 4.69) is 13.8 Å². The molecule has 4 aliphatic rings. The number of nitrogens with zero attached hydrogens (tertiary/aromatic N) is 1. The van der Waals surface area contributed by atoms with Crippen molar-refractivity contribution in [2.75, 3.05) is 13.1 Å². The third-order valence-corrected chi connectivity index (χ3v) is 8.86. The van der Waals surface area contributed by atoms with Gasteiger partial charge in [-0.1, -0.05) is 50.2 Å². The smallest absolute Gasteiger partial charge is 0.338 e. The lowest BCUT2D eigenvalue weighted by Gasteiger charge is -2.36. The van der Waals surface area contributed by atoms with Crippen LogP contribution in [0.4, 0.5) is 0 Å². The van der Waals surface area contributed by atoms with Crippen molar-refractivity contribution < 1.29 is 23.5 Å². The summed E-state index contributed by atoms with van der Waals surface area (Å²) in [5.74, 6) is -0.0290. The zero-order valence-corrected chi connectivity index (χ0v) is 18.6. The normalized spacial score (nSPS) is 34.8. The molecule has 5 nitrogen and oxygen atoms in total. The predicted molar refractivity (Wildman–Crippen MR) is 119 cm³/mol. The number of quaternary nitrogens is 1. The van der Waals surface area contributed by atoms with Crippen LogP contribution in [0.1, 0.15) is 47.4 Å². The second-order valence-corrected chi connectivity index (χ2v) is 10.6. The minimum Gasteiger partial charge on any atom is -0.454 e. The second kappa shape index (κ2) is 6.92. The van der Waals surface area contributed by atoms with Crippen molar-refractivity contribution in [2.45, 2.75) is 51.0 Å². The fourth-order valence-electron chi connectivity index (χ4n) is 7.52. The van der Waals surface area contributed by atoms with E-state index >= 15 is 0 Å². The molecule has 0 aromatic heterocycles. The molecule has 6 rings (SSSR count). The van der Waals surface area contributed by atoms with Crippen LogP contribution in [0.25, 0.3) is 0 Å². The fourth-order valence-corrected chi connectivity index (χ4v) is 7.52. The van der Waals surface area contributed by atoms with E-state index in [1.54, 1.807) is 24.3 Å². The van der Waals surface area contributed by atoms with E-state index in [-0.39, 0.29) is 23.3 Å². The van der Waals surface area contributed by atoms with E-state index in [0.717, 1.165) is 0 Å². The first-order valence-electron chi connectivity index (χ1n) is 11.8. The van der Waals surface area contributed by atoms with Gasteiger partial charge >= 0.3 is 11.9 Å². The molecule has 3 heterocycles. The van der Waals surface area contributed by atoms with Gasteiger partial charge in [-0.2, -0.15) is 0 Å². The van der Waals surface area contributed by atoms with Gasteiger partial charge in [0.2, 0.25) is 0 Å². The molecule has 166 valence electrons. The van der Waals surface area contributed by atoms with E-state index in [9.17, 15) is 9.59 Å². The van der Waals surface area contributed by atoms with E-state index in [0.29, 0.717) is 29.1 Å². The van der Waals surface area contributed by atoms with Gasteiger partial charge in [0.15, 0.2) is 0 Å². The summed E-state index contributed by atoms with van der Waals surface area (Å²) in [6.07, 6.45) is 1.54. The number of carbonyl (C=O) groups is 2. The lowest BCUT2D eigenvalue weighted by molar-refractivity contribution is -0.828. The first kappa shape index (κ1) is 20.0. The van der Waals surface area contributed by atoms with Crippen LogP contribution in [-0.2, 0) is 9.47 Å². The van der Waals surface area contributed by atoms with Crippen LogP contribution in [0.15, 0.2) is 60.7 Å². The van der Waals surface area contributed by atoms with Gasteiger partial charge in [-0.05, 0) is 24.3 Å². The molecule has 3 aliphatic heterocycles. The molecule has 6 atom stereocenters. The third-order valence-electron chi connectivity index (χ3n) is 8.86. The van der Waals surface area contributed by atoms with Gasteiger partial charge in [0, 0.05) is 24.2 Å². The van der Waals surface area contributed by atoms with Crippen LogP contribution in [0, 0.1) is 17.3 Å². The molecule has 1 spiro atoms. The number of ether oxygens (including phenoxy) is 2. The Morgan fingerprint density at radius 2 is 1.34 bits per heavy atom. The average molecular weight is 433 g/mol. The van der Waals surface area contributed by atoms with Crippen LogP contribution < -0.4 is 0 Å². The molecule has 6 unspecified atom stereocenters. The maximum atomic E-state index is 13.1. The summed E-state index contributed by atoms with van der Waals surface area (Å²) >= 11 is 0. The molecule has 5 heteroatoms. The van der Waals surface area contributed by atoms with Crippen molar-refractivity contribution in [1.82, 2.24) is 0 Å². The highest BCUT2D eigenvalue weighted by atomic mass is 16.6. The van der Waals surface area contributed by atoms with Crippen molar-refractivity contribution in [3.63, 3.8) is 0 Å². The molecule has 3 saturated heterocycles. The zero-order valence-electron chi connectivity index (χ0n) is 18.6. The molecule has 1 aliphatic carbocycles. The first-order chi connectivity index (χ1) is 15.4. The van der Waals surface area contributed by atoms with Crippen molar-refractivity contribution in [1.29, 1.82) is 0 Å². The Morgan fingerprint density at radius 3 is 1.91 bits per heavy atom. The van der Waals surface area contributed by atoms with E-state index < -0.39 is 12.2 Å².